The smallest absolute Gasteiger partial charge is 0.0268 e. The summed E-state index contributed by atoms with van der Waals surface area (Å²) < 4.78 is 0. The summed E-state index contributed by atoms with van der Waals surface area (Å²) in [4.78, 5) is 2.64. The number of piperidine rings is 1. The number of rotatable bonds is 4. The topological polar surface area (TPSA) is 41.3 Å². The minimum absolute atomic E-state index is 0.574. The maximum absolute atomic E-state index is 5.98. The van der Waals surface area contributed by atoms with Crippen LogP contribution in [0.5, 0.6) is 0 Å². The van der Waals surface area contributed by atoms with Crippen molar-refractivity contribution in [1.29, 1.82) is 0 Å². The summed E-state index contributed by atoms with van der Waals surface area (Å²) in [5, 5.41) is 0. The fraction of sp³-hybridized carbons (Fsp3) is 1.00. The van der Waals surface area contributed by atoms with Crippen molar-refractivity contribution >= 4 is 0 Å². The van der Waals surface area contributed by atoms with Crippen LogP contribution in [0.15, 0.2) is 0 Å². The van der Waals surface area contributed by atoms with E-state index in [2.05, 4.69) is 24.3 Å². The van der Waals surface area contributed by atoms with Gasteiger partial charge >= 0.3 is 0 Å². The lowest BCUT2D eigenvalue weighted by molar-refractivity contribution is 0.0814. The number of hydrogen-bond acceptors (Lipinski definition) is 3. The standard InChI is InChI=1S/C17H33N3/c1-3-12-4-6-13(7-5-12)17(19-18)14-10-15-8-9-16(11-14)20(15)2/h12-17,19H,3-11,18H2,1-2H3. The van der Waals surface area contributed by atoms with Crippen molar-refractivity contribution in [2.24, 2.45) is 23.6 Å². The lowest BCUT2D eigenvalue weighted by Gasteiger charge is -2.43. The Bertz CT molecular complexity index is 297. The van der Waals surface area contributed by atoms with Crippen LogP contribution in [0.3, 0.4) is 0 Å². The molecule has 2 bridgehead atoms. The molecule has 0 spiro atoms. The lowest BCUT2D eigenvalue weighted by Crippen LogP contribution is -2.52. The zero-order valence-corrected chi connectivity index (χ0v) is 13.4. The van der Waals surface area contributed by atoms with Gasteiger partial charge in [0.15, 0.2) is 0 Å². The molecule has 3 rings (SSSR count). The van der Waals surface area contributed by atoms with Gasteiger partial charge in [-0.25, -0.2) is 0 Å². The van der Waals surface area contributed by atoms with Gasteiger partial charge in [-0.2, -0.15) is 0 Å². The Morgan fingerprint density at radius 2 is 1.60 bits per heavy atom. The second-order valence-electron chi connectivity index (χ2n) is 7.66. The van der Waals surface area contributed by atoms with Gasteiger partial charge < -0.3 is 4.90 Å². The summed E-state index contributed by atoms with van der Waals surface area (Å²) in [5.74, 6) is 8.61. The van der Waals surface area contributed by atoms with Gasteiger partial charge in [0, 0.05) is 18.1 Å². The van der Waals surface area contributed by atoms with Crippen molar-refractivity contribution in [2.75, 3.05) is 7.05 Å². The maximum atomic E-state index is 5.98. The molecule has 2 aliphatic heterocycles. The van der Waals surface area contributed by atoms with Crippen LogP contribution in [0, 0.1) is 17.8 Å². The Balaban J connectivity index is 1.60. The van der Waals surface area contributed by atoms with Crippen LogP contribution >= 0.6 is 0 Å². The number of hydrogen-bond donors (Lipinski definition) is 2. The highest BCUT2D eigenvalue weighted by Gasteiger charge is 2.42. The Hall–Kier alpha value is -0.120. The predicted octanol–water partition coefficient (Wildman–Crippen LogP) is 2.91. The highest BCUT2D eigenvalue weighted by molar-refractivity contribution is 4.98. The third-order valence-corrected chi connectivity index (χ3v) is 6.81. The fourth-order valence-electron chi connectivity index (χ4n) is 5.36. The summed E-state index contributed by atoms with van der Waals surface area (Å²) in [6.07, 6.45) is 12.6. The molecule has 0 amide bonds. The SMILES string of the molecule is CCC1CCC(C(NN)C2CC3CCC(C2)N3C)CC1. The molecule has 20 heavy (non-hydrogen) atoms. The maximum Gasteiger partial charge on any atom is 0.0268 e. The summed E-state index contributed by atoms with van der Waals surface area (Å²) in [6, 6.07) is 2.24. The van der Waals surface area contributed by atoms with E-state index in [-0.39, 0.29) is 0 Å². The summed E-state index contributed by atoms with van der Waals surface area (Å²) in [5.41, 5.74) is 3.24. The van der Waals surface area contributed by atoms with Crippen molar-refractivity contribution in [3.05, 3.63) is 0 Å². The van der Waals surface area contributed by atoms with Crippen molar-refractivity contribution in [1.82, 2.24) is 10.3 Å². The summed E-state index contributed by atoms with van der Waals surface area (Å²) >= 11 is 0. The number of nitrogens with two attached hydrogens (primary N) is 1. The molecular weight excluding hydrogens is 246 g/mol. The minimum Gasteiger partial charge on any atom is -0.300 e. The van der Waals surface area contributed by atoms with Gasteiger partial charge in [-0.05, 0) is 63.3 Å². The molecule has 0 aromatic carbocycles. The highest BCUT2D eigenvalue weighted by Crippen LogP contribution is 2.42. The molecule has 3 aliphatic rings. The predicted molar refractivity (Wildman–Crippen MR) is 84.1 cm³/mol. The van der Waals surface area contributed by atoms with E-state index in [1.165, 1.54) is 57.8 Å². The molecule has 1 saturated carbocycles. The highest BCUT2D eigenvalue weighted by atomic mass is 15.2. The van der Waals surface area contributed by atoms with Gasteiger partial charge in [-0.3, -0.25) is 11.3 Å². The Morgan fingerprint density at radius 1 is 1.00 bits per heavy atom. The first kappa shape index (κ1) is 14.8. The van der Waals surface area contributed by atoms with E-state index in [0.717, 1.165) is 29.8 Å². The normalized spacial score (nSPS) is 43.6. The van der Waals surface area contributed by atoms with Crippen molar-refractivity contribution in [3.63, 3.8) is 0 Å². The first-order valence-corrected chi connectivity index (χ1v) is 8.91. The average molecular weight is 279 g/mol. The fourth-order valence-corrected chi connectivity index (χ4v) is 5.36. The number of nitrogens with one attached hydrogen (secondary N) is 1. The van der Waals surface area contributed by atoms with E-state index in [0.29, 0.717) is 6.04 Å². The quantitative estimate of drug-likeness (QED) is 0.614. The van der Waals surface area contributed by atoms with E-state index in [9.17, 15) is 0 Å². The molecule has 116 valence electrons. The van der Waals surface area contributed by atoms with Crippen molar-refractivity contribution in [3.8, 4) is 0 Å². The van der Waals surface area contributed by atoms with Crippen molar-refractivity contribution in [2.45, 2.75) is 82.8 Å². The lowest BCUT2D eigenvalue weighted by atomic mass is 9.72. The van der Waals surface area contributed by atoms with Crippen LogP contribution in [0.4, 0.5) is 0 Å². The second-order valence-corrected chi connectivity index (χ2v) is 7.66. The van der Waals surface area contributed by atoms with E-state index in [4.69, 9.17) is 5.84 Å². The van der Waals surface area contributed by atoms with Gasteiger partial charge in [0.25, 0.3) is 0 Å². The zero-order valence-electron chi connectivity index (χ0n) is 13.4. The summed E-state index contributed by atoms with van der Waals surface area (Å²) in [7, 11) is 2.33. The summed E-state index contributed by atoms with van der Waals surface area (Å²) in [6.45, 7) is 2.35. The molecule has 0 radical (unpaired) electrons. The van der Waals surface area contributed by atoms with Gasteiger partial charge in [0.05, 0.1) is 0 Å². The van der Waals surface area contributed by atoms with Crippen molar-refractivity contribution < 1.29 is 0 Å². The van der Waals surface area contributed by atoms with Crippen LogP contribution in [-0.2, 0) is 0 Å². The molecule has 3 heteroatoms. The third-order valence-electron chi connectivity index (χ3n) is 6.81. The van der Waals surface area contributed by atoms with Gasteiger partial charge in [0.1, 0.15) is 0 Å². The molecule has 0 aromatic rings. The molecule has 3 N–H and O–H groups in total. The first-order chi connectivity index (χ1) is 9.72. The molecule has 3 nitrogen and oxygen atoms in total. The molecule has 3 atom stereocenters. The number of hydrazine groups is 1. The first-order valence-electron chi connectivity index (χ1n) is 8.91. The van der Waals surface area contributed by atoms with Crippen LogP contribution in [-0.4, -0.2) is 30.1 Å². The number of fused-ring (bicyclic) bond motifs is 2. The van der Waals surface area contributed by atoms with Gasteiger partial charge in [0.2, 0.25) is 0 Å². The molecule has 3 fully saturated rings. The minimum atomic E-state index is 0.574. The molecule has 2 saturated heterocycles. The third kappa shape index (κ3) is 2.77. The molecule has 0 aromatic heterocycles. The van der Waals surface area contributed by atoms with E-state index < -0.39 is 0 Å². The van der Waals surface area contributed by atoms with Gasteiger partial charge in [-0.1, -0.05) is 26.2 Å². The monoisotopic (exact) mass is 279 g/mol. The van der Waals surface area contributed by atoms with E-state index in [1.807, 2.05) is 0 Å². The van der Waals surface area contributed by atoms with E-state index in [1.54, 1.807) is 0 Å². The Kier molecular flexibility index (Phi) is 4.68. The molecular formula is C17H33N3. The van der Waals surface area contributed by atoms with Gasteiger partial charge in [-0.15, -0.1) is 0 Å². The van der Waals surface area contributed by atoms with Crippen LogP contribution in [0.25, 0.3) is 0 Å². The van der Waals surface area contributed by atoms with Crippen LogP contribution in [0.2, 0.25) is 0 Å². The molecule has 1 aliphatic carbocycles. The Morgan fingerprint density at radius 3 is 2.10 bits per heavy atom. The second kappa shape index (κ2) is 6.33. The average Bonchev–Trinajstić information content (AvgIpc) is 2.70. The molecule has 2 heterocycles. The van der Waals surface area contributed by atoms with Crippen LogP contribution in [0.1, 0.15) is 64.7 Å². The number of nitrogens with zero attached hydrogens (tertiary/aromatic N) is 1. The largest absolute Gasteiger partial charge is 0.300 e. The van der Waals surface area contributed by atoms with Crippen LogP contribution < -0.4 is 11.3 Å². The van der Waals surface area contributed by atoms with E-state index >= 15 is 0 Å². The Labute approximate surface area is 124 Å². The molecule has 3 unspecified atom stereocenters. The zero-order chi connectivity index (χ0) is 14.1.